The lowest BCUT2D eigenvalue weighted by Crippen LogP contribution is -2.14. The van der Waals surface area contributed by atoms with Crippen molar-refractivity contribution in [2.24, 2.45) is 7.05 Å². The molecule has 0 fully saturated rings. The molecular weight excluding hydrogens is 428 g/mol. The average molecular weight is 457 g/mol. The number of hydrogen-bond acceptors (Lipinski definition) is 6. The smallest absolute Gasteiger partial charge is 0.255 e. The lowest BCUT2D eigenvalue weighted by atomic mass is 10.1. The van der Waals surface area contributed by atoms with Crippen molar-refractivity contribution in [3.05, 3.63) is 84.3 Å². The summed E-state index contributed by atoms with van der Waals surface area (Å²) in [6.45, 7) is 1.93. The predicted molar refractivity (Wildman–Crippen MR) is 135 cm³/mol. The quantitative estimate of drug-likeness (QED) is 0.424. The van der Waals surface area contributed by atoms with Crippen LogP contribution in [0.2, 0.25) is 0 Å². The lowest BCUT2D eigenvalue weighted by Gasteiger charge is -2.18. The molecule has 0 aliphatic heterocycles. The second-order valence-electron chi connectivity index (χ2n) is 8.29. The van der Waals surface area contributed by atoms with Crippen molar-refractivity contribution >= 4 is 23.1 Å². The Balaban J connectivity index is 1.50. The summed E-state index contributed by atoms with van der Waals surface area (Å²) in [6, 6.07) is 16.9. The number of hydrogen-bond donors (Lipinski definition) is 2. The van der Waals surface area contributed by atoms with Crippen LogP contribution < -0.4 is 20.7 Å². The summed E-state index contributed by atoms with van der Waals surface area (Å²) < 4.78 is 7.88. The summed E-state index contributed by atoms with van der Waals surface area (Å²) in [7, 11) is 5.74. The molecular formula is C26H28N6O2. The third-order valence-electron chi connectivity index (χ3n) is 5.46. The van der Waals surface area contributed by atoms with E-state index in [2.05, 4.69) is 15.4 Å². The summed E-state index contributed by atoms with van der Waals surface area (Å²) in [5.41, 5.74) is 11.0. The number of aryl methyl sites for hydroxylation is 1. The number of benzene rings is 2. The number of nitrogens with one attached hydrogen (secondary N) is 1. The molecule has 0 aliphatic rings. The van der Waals surface area contributed by atoms with E-state index >= 15 is 0 Å². The topological polar surface area (TPSA) is 98.3 Å². The van der Waals surface area contributed by atoms with Gasteiger partial charge in [0.2, 0.25) is 0 Å². The Morgan fingerprint density at radius 3 is 2.62 bits per heavy atom. The molecule has 0 spiro atoms. The number of carbonyl (C=O) groups is 1. The minimum atomic E-state index is -0.317. The van der Waals surface area contributed by atoms with Crippen LogP contribution in [0.5, 0.6) is 5.75 Å². The molecule has 0 aliphatic carbocycles. The molecule has 2 aromatic heterocycles. The Morgan fingerprint density at radius 1 is 1.09 bits per heavy atom. The van der Waals surface area contributed by atoms with Gasteiger partial charge >= 0.3 is 0 Å². The Morgan fingerprint density at radius 2 is 1.88 bits per heavy atom. The molecule has 34 heavy (non-hydrogen) atoms. The zero-order chi connectivity index (χ0) is 24.2. The number of rotatable bonds is 7. The standard InChI is InChI=1S/C26H28N6O2/c1-17(34-24-13-20(14-28-25(24)27)21-15-29-32(4)16-21)18-7-5-9-22(11-18)30-26(33)19-8-6-10-23(12-19)31(2)3/h5-17H,1-4H3,(H2,27,28)(H,30,33)/t17-/m0/s1. The van der Waals surface area contributed by atoms with Gasteiger partial charge < -0.3 is 20.7 Å². The Bertz CT molecular complexity index is 1310. The molecule has 2 aromatic carbocycles. The van der Waals surface area contributed by atoms with Gasteiger partial charge in [-0.1, -0.05) is 18.2 Å². The molecule has 0 saturated carbocycles. The van der Waals surface area contributed by atoms with Gasteiger partial charge in [0.25, 0.3) is 5.91 Å². The van der Waals surface area contributed by atoms with Gasteiger partial charge in [-0.3, -0.25) is 9.48 Å². The van der Waals surface area contributed by atoms with Crippen molar-refractivity contribution in [2.75, 3.05) is 30.0 Å². The number of nitrogens with two attached hydrogens (primary N) is 1. The fourth-order valence-electron chi connectivity index (χ4n) is 3.53. The normalized spacial score (nSPS) is 11.6. The predicted octanol–water partition coefficient (Wildman–Crippen LogP) is 4.52. The Kier molecular flexibility index (Phi) is 6.49. The second kappa shape index (κ2) is 9.66. The zero-order valence-corrected chi connectivity index (χ0v) is 19.7. The Hall–Kier alpha value is -4.33. The maximum absolute atomic E-state index is 12.8. The van der Waals surface area contributed by atoms with Crippen LogP contribution in [0.4, 0.5) is 17.2 Å². The molecule has 0 unspecified atom stereocenters. The van der Waals surface area contributed by atoms with E-state index in [1.807, 2.05) is 87.7 Å². The first kappa shape index (κ1) is 22.8. The number of anilines is 3. The summed E-state index contributed by atoms with van der Waals surface area (Å²) in [5.74, 6) is 0.626. The van der Waals surface area contributed by atoms with Gasteiger partial charge in [0.05, 0.1) is 6.20 Å². The number of amides is 1. The van der Waals surface area contributed by atoms with Gasteiger partial charge in [-0.15, -0.1) is 0 Å². The van der Waals surface area contributed by atoms with E-state index in [1.165, 1.54) is 0 Å². The number of aromatic nitrogens is 3. The number of carbonyl (C=O) groups excluding carboxylic acids is 1. The highest BCUT2D eigenvalue weighted by molar-refractivity contribution is 6.04. The van der Waals surface area contributed by atoms with Crippen molar-refractivity contribution in [2.45, 2.75) is 13.0 Å². The van der Waals surface area contributed by atoms with E-state index in [9.17, 15) is 4.79 Å². The van der Waals surface area contributed by atoms with Gasteiger partial charge in [0, 0.05) is 61.6 Å². The SMILES string of the molecule is C[C@H](Oc1cc(-c2cnn(C)c2)cnc1N)c1cccc(NC(=O)c2cccc(N(C)C)c2)c1. The van der Waals surface area contributed by atoms with Crippen LogP contribution >= 0.6 is 0 Å². The van der Waals surface area contributed by atoms with Crippen molar-refractivity contribution in [3.63, 3.8) is 0 Å². The summed E-state index contributed by atoms with van der Waals surface area (Å²) in [5, 5.41) is 7.17. The number of ether oxygens (including phenoxy) is 1. The van der Waals surface area contributed by atoms with E-state index in [1.54, 1.807) is 23.1 Å². The monoisotopic (exact) mass is 456 g/mol. The molecule has 4 rings (SSSR count). The summed E-state index contributed by atoms with van der Waals surface area (Å²) in [6.07, 6.45) is 5.05. The van der Waals surface area contributed by atoms with E-state index < -0.39 is 0 Å². The van der Waals surface area contributed by atoms with Crippen LogP contribution in [0, 0.1) is 0 Å². The second-order valence-corrected chi connectivity index (χ2v) is 8.29. The van der Waals surface area contributed by atoms with Gasteiger partial charge in [-0.2, -0.15) is 5.10 Å². The maximum Gasteiger partial charge on any atom is 0.255 e. The molecule has 8 nitrogen and oxygen atoms in total. The van der Waals surface area contributed by atoms with Crippen molar-refractivity contribution in [3.8, 4) is 16.9 Å². The molecule has 174 valence electrons. The first-order chi connectivity index (χ1) is 16.3. The van der Waals surface area contributed by atoms with Crippen LogP contribution in [-0.4, -0.2) is 34.8 Å². The minimum Gasteiger partial charge on any atom is -0.482 e. The number of nitrogen functional groups attached to an aromatic ring is 1. The molecule has 2 heterocycles. The van der Waals surface area contributed by atoms with Crippen LogP contribution in [0.15, 0.2) is 73.2 Å². The maximum atomic E-state index is 12.8. The van der Waals surface area contributed by atoms with Crippen LogP contribution in [-0.2, 0) is 7.05 Å². The minimum absolute atomic E-state index is 0.174. The molecule has 8 heteroatoms. The molecule has 1 atom stereocenters. The first-order valence-corrected chi connectivity index (χ1v) is 10.9. The van der Waals surface area contributed by atoms with Gasteiger partial charge in [-0.25, -0.2) is 4.98 Å². The molecule has 1 amide bonds. The summed E-state index contributed by atoms with van der Waals surface area (Å²) >= 11 is 0. The van der Waals surface area contributed by atoms with Crippen LogP contribution in [0.3, 0.4) is 0 Å². The number of nitrogens with zero attached hydrogens (tertiary/aromatic N) is 4. The highest BCUT2D eigenvalue weighted by Crippen LogP contribution is 2.31. The van der Waals surface area contributed by atoms with Crippen molar-refractivity contribution in [1.29, 1.82) is 0 Å². The summed E-state index contributed by atoms with van der Waals surface area (Å²) in [4.78, 5) is 19.0. The van der Waals surface area contributed by atoms with Crippen LogP contribution in [0.25, 0.3) is 11.1 Å². The van der Waals surface area contributed by atoms with Crippen molar-refractivity contribution < 1.29 is 9.53 Å². The third-order valence-corrected chi connectivity index (χ3v) is 5.46. The highest BCUT2D eigenvalue weighted by Gasteiger charge is 2.14. The van der Waals surface area contributed by atoms with Crippen molar-refractivity contribution in [1.82, 2.24) is 14.8 Å². The molecule has 4 aromatic rings. The third kappa shape index (κ3) is 5.17. The average Bonchev–Trinajstić information content (AvgIpc) is 3.27. The van der Waals surface area contributed by atoms with E-state index in [0.717, 1.165) is 22.4 Å². The lowest BCUT2D eigenvalue weighted by molar-refractivity contribution is 0.102. The molecule has 3 N–H and O–H groups in total. The van der Waals surface area contributed by atoms with E-state index in [4.69, 9.17) is 10.5 Å². The Labute approximate surface area is 199 Å². The van der Waals surface area contributed by atoms with Gasteiger partial charge in [0.15, 0.2) is 11.6 Å². The van der Waals surface area contributed by atoms with E-state index in [-0.39, 0.29) is 12.0 Å². The van der Waals surface area contributed by atoms with E-state index in [0.29, 0.717) is 22.8 Å². The van der Waals surface area contributed by atoms with Crippen LogP contribution in [0.1, 0.15) is 28.9 Å². The largest absolute Gasteiger partial charge is 0.482 e. The fourth-order valence-corrected chi connectivity index (χ4v) is 3.53. The zero-order valence-electron chi connectivity index (χ0n) is 19.7. The highest BCUT2D eigenvalue weighted by atomic mass is 16.5. The van der Waals surface area contributed by atoms with Gasteiger partial charge in [0.1, 0.15) is 6.10 Å². The van der Waals surface area contributed by atoms with Gasteiger partial charge in [-0.05, 0) is 48.9 Å². The first-order valence-electron chi connectivity index (χ1n) is 10.9. The molecule has 0 bridgehead atoms. The molecule has 0 saturated heterocycles. The fraction of sp³-hybridized carbons (Fsp3) is 0.192. The molecule has 0 radical (unpaired) electrons. The number of pyridine rings is 1.